The van der Waals surface area contributed by atoms with Gasteiger partial charge in [0.25, 0.3) is 0 Å². The summed E-state index contributed by atoms with van der Waals surface area (Å²) in [6, 6.07) is 39.3. The lowest BCUT2D eigenvalue weighted by molar-refractivity contribution is 0.891. The molecule has 200 valence electrons. The second kappa shape index (κ2) is 10.1. The van der Waals surface area contributed by atoms with Crippen molar-refractivity contribution in [2.75, 3.05) is 0 Å². The Hall–Kier alpha value is -5.62. The Morgan fingerprint density at radius 3 is 1.86 bits per heavy atom. The number of aromatic nitrogens is 6. The molecule has 0 unspecified atom stereocenters. The van der Waals surface area contributed by atoms with E-state index >= 15 is 0 Å². The SMILES string of the molecule is C1=CCCC(n2c(-c3cc(-c4ccccc4)nc(-c4ccccc4)n3)nnc2-n2c3ccccc3c3ccccc32)=C1. The van der Waals surface area contributed by atoms with Gasteiger partial charge in [-0.05, 0) is 37.1 Å². The number of hydrogen-bond donors (Lipinski definition) is 0. The molecule has 0 fully saturated rings. The molecule has 6 nitrogen and oxygen atoms in total. The first-order chi connectivity index (χ1) is 20.8. The van der Waals surface area contributed by atoms with Crippen LogP contribution in [0.5, 0.6) is 0 Å². The lowest BCUT2D eigenvalue weighted by atomic mass is 10.1. The Bertz CT molecular complexity index is 2020. The first-order valence-electron chi connectivity index (χ1n) is 14.2. The molecule has 3 aromatic heterocycles. The van der Waals surface area contributed by atoms with Gasteiger partial charge in [0.1, 0.15) is 5.69 Å². The fraction of sp³-hybridized carbons (Fsp3) is 0.0556. The third-order valence-corrected chi connectivity index (χ3v) is 7.76. The molecule has 0 N–H and O–H groups in total. The zero-order valence-corrected chi connectivity index (χ0v) is 22.8. The molecule has 6 heteroatoms. The molecular weight excluding hydrogens is 516 g/mol. The van der Waals surface area contributed by atoms with E-state index in [4.69, 9.17) is 20.2 Å². The molecule has 0 radical (unpaired) electrons. The fourth-order valence-electron chi connectivity index (χ4n) is 5.80. The number of para-hydroxylation sites is 2. The van der Waals surface area contributed by atoms with Gasteiger partial charge in [0.05, 0.1) is 16.7 Å². The molecule has 0 atom stereocenters. The molecule has 0 saturated carbocycles. The van der Waals surface area contributed by atoms with E-state index in [-0.39, 0.29) is 0 Å². The van der Waals surface area contributed by atoms with Crippen molar-refractivity contribution in [2.24, 2.45) is 0 Å². The largest absolute Gasteiger partial charge is 0.278 e. The van der Waals surface area contributed by atoms with Crippen LogP contribution in [0.3, 0.4) is 0 Å². The first-order valence-corrected chi connectivity index (χ1v) is 14.2. The van der Waals surface area contributed by atoms with Crippen molar-refractivity contribution in [2.45, 2.75) is 12.8 Å². The highest BCUT2D eigenvalue weighted by atomic mass is 15.4. The molecule has 0 aliphatic heterocycles. The Morgan fingerprint density at radius 1 is 0.571 bits per heavy atom. The highest BCUT2D eigenvalue weighted by Crippen LogP contribution is 2.35. The van der Waals surface area contributed by atoms with E-state index in [1.807, 2.05) is 54.6 Å². The van der Waals surface area contributed by atoms with Crippen LogP contribution in [-0.2, 0) is 0 Å². The van der Waals surface area contributed by atoms with Crippen LogP contribution in [0, 0.1) is 0 Å². The summed E-state index contributed by atoms with van der Waals surface area (Å²) in [6.07, 6.45) is 8.28. The number of allylic oxidation sites excluding steroid dienone is 4. The van der Waals surface area contributed by atoms with E-state index in [1.165, 1.54) is 10.8 Å². The highest BCUT2D eigenvalue weighted by molar-refractivity contribution is 6.09. The Kier molecular flexibility index (Phi) is 5.81. The van der Waals surface area contributed by atoms with Crippen molar-refractivity contribution in [3.8, 4) is 40.1 Å². The van der Waals surface area contributed by atoms with Gasteiger partial charge in [-0.1, -0.05) is 109 Å². The van der Waals surface area contributed by atoms with Gasteiger partial charge in [-0.3, -0.25) is 9.13 Å². The maximum absolute atomic E-state index is 5.09. The summed E-state index contributed by atoms with van der Waals surface area (Å²) in [5.74, 6) is 2.08. The summed E-state index contributed by atoms with van der Waals surface area (Å²) in [7, 11) is 0. The number of benzene rings is 4. The van der Waals surface area contributed by atoms with E-state index in [2.05, 4.69) is 88.0 Å². The molecule has 3 heterocycles. The van der Waals surface area contributed by atoms with Gasteiger partial charge >= 0.3 is 0 Å². The summed E-state index contributed by atoms with van der Waals surface area (Å²) in [6.45, 7) is 0. The quantitative estimate of drug-likeness (QED) is 0.219. The van der Waals surface area contributed by atoms with Crippen molar-refractivity contribution in [1.82, 2.24) is 29.3 Å². The van der Waals surface area contributed by atoms with Crippen LogP contribution in [0.1, 0.15) is 12.8 Å². The Morgan fingerprint density at radius 2 is 1.19 bits per heavy atom. The van der Waals surface area contributed by atoms with Crippen LogP contribution in [0.15, 0.2) is 133 Å². The predicted octanol–water partition coefficient (Wildman–Crippen LogP) is 8.36. The van der Waals surface area contributed by atoms with Gasteiger partial charge in [0.2, 0.25) is 5.95 Å². The molecule has 1 aliphatic rings. The second-order valence-corrected chi connectivity index (χ2v) is 10.3. The maximum atomic E-state index is 5.09. The molecule has 1 aliphatic carbocycles. The zero-order valence-electron chi connectivity index (χ0n) is 22.8. The molecule has 7 aromatic rings. The van der Waals surface area contributed by atoms with Crippen LogP contribution in [0.4, 0.5) is 0 Å². The van der Waals surface area contributed by atoms with E-state index in [0.717, 1.165) is 58.0 Å². The summed E-state index contributed by atoms with van der Waals surface area (Å²) >= 11 is 0. The van der Waals surface area contributed by atoms with E-state index in [9.17, 15) is 0 Å². The predicted molar refractivity (Wildman–Crippen MR) is 169 cm³/mol. The number of fused-ring (bicyclic) bond motifs is 3. The molecule has 0 spiro atoms. The minimum absolute atomic E-state index is 0.650. The zero-order chi connectivity index (χ0) is 27.9. The Balaban J connectivity index is 1.42. The van der Waals surface area contributed by atoms with Crippen molar-refractivity contribution in [1.29, 1.82) is 0 Å². The summed E-state index contributed by atoms with van der Waals surface area (Å²) in [5, 5.41) is 12.1. The Labute approximate surface area is 243 Å². The standard InChI is InChI=1S/C36H26N6/c1-4-14-25(15-5-1)30-24-31(38-34(37-30)26-16-6-2-7-17-26)35-39-40-36(41(35)27-18-8-3-9-19-27)42-32-22-12-10-20-28(32)29-21-11-13-23-33(29)42/h1-8,10-18,20-24H,9,19H2. The minimum atomic E-state index is 0.650. The van der Waals surface area contributed by atoms with Crippen LogP contribution in [0.2, 0.25) is 0 Å². The topological polar surface area (TPSA) is 61.4 Å². The fourth-order valence-corrected chi connectivity index (χ4v) is 5.80. The van der Waals surface area contributed by atoms with Gasteiger partial charge < -0.3 is 0 Å². The van der Waals surface area contributed by atoms with Crippen molar-refractivity contribution < 1.29 is 0 Å². The third kappa shape index (κ3) is 4.04. The molecular formula is C36H26N6. The lowest BCUT2D eigenvalue weighted by Crippen LogP contribution is -2.10. The molecule has 42 heavy (non-hydrogen) atoms. The monoisotopic (exact) mass is 542 g/mol. The second-order valence-electron chi connectivity index (χ2n) is 10.3. The van der Waals surface area contributed by atoms with Crippen molar-refractivity contribution >= 4 is 27.5 Å². The first kappa shape index (κ1) is 24.2. The van der Waals surface area contributed by atoms with Gasteiger partial charge in [0.15, 0.2) is 11.6 Å². The van der Waals surface area contributed by atoms with E-state index < -0.39 is 0 Å². The van der Waals surface area contributed by atoms with Crippen LogP contribution in [-0.4, -0.2) is 29.3 Å². The van der Waals surface area contributed by atoms with E-state index in [0.29, 0.717) is 11.6 Å². The summed E-state index contributed by atoms with van der Waals surface area (Å²) < 4.78 is 4.39. The van der Waals surface area contributed by atoms with Gasteiger partial charge in [-0.15, -0.1) is 10.2 Å². The number of hydrogen-bond acceptors (Lipinski definition) is 4. The van der Waals surface area contributed by atoms with E-state index in [1.54, 1.807) is 0 Å². The molecule has 4 aromatic carbocycles. The molecule has 0 amide bonds. The normalized spacial score (nSPS) is 13.1. The van der Waals surface area contributed by atoms with Gasteiger partial charge in [0, 0.05) is 27.6 Å². The van der Waals surface area contributed by atoms with Crippen LogP contribution >= 0.6 is 0 Å². The van der Waals surface area contributed by atoms with Gasteiger partial charge in [-0.2, -0.15) is 0 Å². The van der Waals surface area contributed by atoms with Crippen molar-refractivity contribution in [3.63, 3.8) is 0 Å². The van der Waals surface area contributed by atoms with Crippen LogP contribution < -0.4 is 0 Å². The lowest BCUT2D eigenvalue weighted by Gasteiger charge is -2.17. The van der Waals surface area contributed by atoms with Crippen molar-refractivity contribution in [3.05, 3.63) is 133 Å². The maximum Gasteiger partial charge on any atom is 0.241 e. The highest BCUT2D eigenvalue weighted by Gasteiger charge is 2.24. The van der Waals surface area contributed by atoms with Crippen LogP contribution in [0.25, 0.3) is 67.6 Å². The third-order valence-electron chi connectivity index (χ3n) is 7.76. The number of nitrogens with zero attached hydrogens (tertiary/aromatic N) is 6. The number of rotatable bonds is 5. The molecule has 0 bridgehead atoms. The molecule has 8 rings (SSSR count). The summed E-state index contributed by atoms with van der Waals surface area (Å²) in [5.41, 5.74) is 6.82. The summed E-state index contributed by atoms with van der Waals surface area (Å²) in [4.78, 5) is 10.1. The molecule has 0 saturated heterocycles. The minimum Gasteiger partial charge on any atom is -0.278 e. The van der Waals surface area contributed by atoms with Gasteiger partial charge in [-0.25, -0.2) is 9.97 Å². The average Bonchev–Trinajstić information content (AvgIpc) is 3.65. The smallest absolute Gasteiger partial charge is 0.241 e. The average molecular weight is 543 g/mol.